The van der Waals surface area contributed by atoms with Crippen LogP contribution in [0, 0.1) is 0 Å². The lowest BCUT2D eigenvalue weighted by molar-refractivity contribution is -0.145. The van der Waals surface area contributed by atoms with Crippen LogP contribution in [-0.2, 0) is 38.4 Å². The van der Waals surface area contributed by atoms with Crippen molar-refractivity contribution in [3.63, 3.8) is 0 Å². The number of rotatable bonds is 11. The molecular weight excluding hydrogens is 472 g/mol. The van der Waals surface area contributed by atoms with E-state index in [2.05, 4.69) is 22.5 Å². The Labute approximate surface area is 217 Å². The third-order valence-electron chi connectivity index (χ3n) is 6.83. The van der Waals surface area contributed by atoms with Gasteiger partial charge in [0.15, 0.2) is 0 Å². The second-order valence-electron chi connectivity index (χ2n) is 9.74. The number of carbonyl (C=O) groups is 4. The summed E-state index contributed by atoms with van der Waals surface area (Å²) in [5.41, 5.74) is 2.79. The standard InChI is InChI=1S/C28H34N4O5/c1-3-19-9-10-21(29-17-19)13-14-37-28(36)31-23-15-18(2)32(27(23)35)24(16-20-7-5-4-6-8-20)25(33)26(34)30-22-11-12-22/h4-10,17-18,22-24H,3,11-16H2,1-2H3,(H,30,34)(H,31,36)/t18?,23-,24-/m0/s1. The Hall–Kier alpha value is -3.75. The van der Waals surface area contributed by atoms with Gasteiger partial charge in [-0.1, -0.05) is 43.3 Å². The van der Waals surface area contributed by atoms with E-state index in [1.165, 1.54) is 4.90 Å². The lowest BCUT2D eigenvalue weighted by Gasteiger charge is -2.30. The van der Waals surface area contributed by atoms with Crippen molar-refractivity contribution < 1.29 is 23.9 Å². The molecule has 2 N–H and O–H groups in total. The first-order valence-corrected chi connectivity index (χ1v) is 12.9. The van der Waals surface area contributed by atoms with Gasteiger partial charge in [-0.2, -0.15) is 0 Å². The fourth-order valence-corrected chi connectivity index (χ4v) is 4.57. The molecule has 4 rings (SSSR count). The maximum atomic E-state index is 13.4. The Balaban J connectivity index is 1.37. The van der Waals surface area contributed by atoms with Gasteiger partial charge in [0.2, 0.25) is 11.7 Å². The van der Waals surface area contributed by atoms with E-state index >= 15 is 0 Å². The van der Waals surface area contributed by atoms with Crippen molar-refractivity contribution in [3.05, 3.63) is 65.5 Å². The molecule has 2 aromatic rings. The molecule has 1 unspecified atom stereocenters. The first-order valence-electron chi connectivity index (χ1n) is 12.9. The third-order valence-corrected chi connectivity index (χ3v) is 6.83. The van der Waals surface area contributed by atoms with Crippen LogP contribution >= 0.6 is 0 Å². The molecule has 2 aliphatic rings. The van der Waals surface area contributed by atoms with Gasteiger partial charge < -0.3 is 20.3 Å². The summed E-state index contributed by atoms with van der Waals surface area (Å²) in [6.07, 6.45) is 4.72. The number of hydrogen-bond acceptors (Lipinski definition) is 6. The minimum atomic E-state index is -0.955. The van der Waals surface area contributed by atoms with E-state index in [0.717, 1.165) is 36.1 Å². The number of nitrogens with zero attached hydrogens (tertiary/aromatic N) is 2. The molecule has 2 fully saturated rings. The Bertz CT molecular complexity index is 1120. The molecule has 1 aliphatic heterocycles. The lowest BCUT2D eigenvalue weighted by atomic mass is 9.99. The van der Waals surface area contributed by atoms with Crippen molar-refractivity contribution in [2.24, 2.45) is 0 Å². The molecule has 1 saturated carbocycles. The van der Waals surface area contributed by atoms with Crippen molar-refractivity contribution in [3.8, 4) is 0 Å². The lowest BCUT2D eigenvalue weighted by Crippen LogP contribution is -2.53. The highest BCUT2D eigenvalue weighted by Crippen LogP contribution is 2.25. The molecule has 1 aromatic carbocycles. The highest BCUT2D eigenvalue weighted by atomic mass is 16.5. The third kappa shape index (κ3) is 6.93. The first kappa shape index (κ1) is 26.3. The smallest absolute Gasteiger partial charge is 0.407 e. The van der Waals surface area contributed by atoms with E-state index in [0.29, 0.717) is 12.8 Å². The number of ketones is 1. The summed E-state index contributed by atoms with van der Waals surface area (Å²) in [5.74, 6) is -1.70. The Morgan fingerprint density at radius 2 is 1.84 bits per heavy atom. The zero-order chi connectivity index (χ0) is 26.4. The number of pyridine rings is 1. The fourth-order valence-electron chi connectivity index (χ4n) is 4.57. The number of nitrogens with one attached hydrogen (secondary N) is 2. The summed E-state index contributed by atoms with van der Waals surface area (Å²) < 4.78 is 5.28. The van der Waals surface area contributed by atoms with Gasteiger partial charge >= 0.3 is 6.09 Å². The molecule has 3 amide bonds. The maximum Gasteiger partial charge on any atom is 0.407 e. The number of likely N-dealkylation sites (tertiary alicyclic amines) is 1. The first-order chi connectivity index (χ1) is 17.9. The van der Waals surface area contributed by atoms with Gasteiger partial charge in [-0.15, -0.1) is 0 Å². The molecule has 37 heavy (non-hydrogen) atoms. The molecule has 0 radical (unpaired) electrons. The van der Waals surface area contributed by atoms with Crippen molar-refractivity contribution in [2.45, 2.75) is 76.5 Å². The van der Waals surface area contributed by atoms with Crippen LogP contribution in [0.25, 0.3) is 0 Å². The molecule has 1 aliphatic carbocycles. The van der Waals surface area contributed by atoms with E-state index in [1.54, 1.807) is 6.20 Å². The summed E-state index contributed by atoms with van der Waals surface area (Å²) in [6, 6.07) is 11.1. The molecule has 1 saturated heterocycles. The van der Waals surface area contributed by atoms with Crippen molar-refractivity contribution >= 4 is 23.7 Å². The summed E-state index contributed by atoms with van der Waals surface area (Å²) in [6.45, 7) is 4.00. The topological polar surface area (TPSA) is 118 Å². The van der Waals surface area contributed by atoms with Crippen LogP contribution < -0.4 is 10.6 Å². The van der Waals surface area contributed by atoms with Gasteiger partial charge in [0.25, 0.3) is 5.91 Å². The van der Waals surface area contributed by atoms with Crippen LogP contribution in [-0.4, -0.2) is 64.3 Å². The minimum absolute atomic E-state index is 0.0319. The van der Waals surface area contributed by atoms with E-state index in [-0.39, 0.29) is 25.1 Å². The second-order valence-corrected chi connectivity index (χ2v) is 9.74. The highest BCUT2D eigenvalue weighted by molar-refractivity contribution is 6.38. The minimum Gasteiger partial charge on any atom is -0.449 e. The second kappa shape index (κ2) is 12.0. The average Bonchev–Trinajstić information content (AvgIpc) is 3.67. The van der Waals surface area contributed by atoms with E-state index in [4.69, 9.17) is 4.74 Å². The van der Waals surface area contributed by atoms with Crippen LogP contribution in [0.15, 0.2) is 48.7 Å². The number of carbonyl (C=O) groups excluding carboxylic acids is 4. The molecule has 3 atom stereocenters. The fraction of sp³-hybridized carbons (Fsp3) is 0.464. The molecule has 9 nitrogen and oxygen atoms in total. The van der Waals surface area contributed by atoms with Crippen LogP contribution in [0.5, 0.6) is 0 Å². The highest BCUT2D eigenvalue weighted by Gasteiger charge is 2.45. The summed E-state index contributed by atoms with van der Waals surface area (Å²) in [5, 5.41) is 5.38. The van der Waals surface area contributed by atoms with Crippen molar-refractivity contribution in [1.29, 1.82) is 0 Å². The molecule has 0 spiro atoms. The van der Waals surface area contributed by atoms with Crippen LogP contribution in [0.1, 0.15) is 49.9 Å². The van der Waals surface area contributed by atoms with Gasteiger partial charge in [-0.05, 0) is 49.8 Å². The Morgan fingerprint density at radius 3 is 2.49 bits per heavy atom. The molecule has 9 heteroatoms. The Morgan fingerprint density at radius 1 is 1.08 bits per heavy atom. The molecular formula is C28H34N4O5. The number of Topliss-reactive ketones (excluding diaryl/α,β-unsaturated/α-hetero) is 1. The number of amides is 3. The molecule has 2 heterocycles. The summed E-state index contributed by atoms with van der Waals surface area (Å²) >= 11 is 0. The summed E-state index contributed by atoms with van der Waals surface area (Å²) in [7, 11) is 0. The predicted octanol–water partition coefficient (Wildman–Crippen LogP) is 2.36. The van der Waals surface area contributed by atoms with E-state index in [9.17, 15) is 19.2 Å². The normalized spacial score (nSPS) is 19.8. The zero-order valence-corrected chi connectivity index (χ0v) is 21.3. The molecule has 1 aromatic heterocycles. The number of benzene rings is 1. The average molecular weight is 507 g/mol. The summed E-state index contributed by atoms with van der Waals surface area (Å²) in [4.78, 5) is 57.4. The molecule has 196 valence electrons. The van der Waals surface area contributed by atoms with Gasteiger partial charge in [0.1, 0.15) is 12.1 Å². The number of alkyl carbamates (subject to hydrolysis) is 1. The van der Waals surface area contributed by atoms with Crippen molar-refractivity contribution in [1.82, 2.24) is 20.5 Å². The number of ether oxygens (including phenoxy) is 1. The van der Waals surface area contributed by atoms with Gasteiger partial charge in [-0.3, -0.25) is 19.4 Å². The van der Waals surface area contributed by atoms with Gasteiger partial charge in [0.05, 0.1) is 6.61 Å². The predicted molar refractivity (Wildman–Crippen MR) is 137 cm³/mol. The van der Waals surface area contributed by atoms with E-state index < -0.39 is 35.8 Å². The van der Waals surface area contributed by atoms with Crippen LogP contribution in [0.3, 0.4) is 0 Å². The number of aromatic nitrogens is 1. The number of hydrogen-bond donors (Lipinski definition) is 2. The van der Waals surface area contributed by atoms with E-state index in [1.807, 2.05) is 49.4 Å². The van der Waals surface area contributed by atoms with Crippen LogP contribution in [0.4, 0.5) is 4.79 Å². The molecule has 0 bridgehead atoms. The zero-order valence-electron chi connectivity index (χ0n) is 21.3. The van der Waals surface area contributed by atoms with Gasteiger partial charge in [0, 0.05) is 36.8 Å². The SMILES string of the molecule is CCc1ccc(CCOC(=O)N[C@H]2CC(C)N([C@@H](Cc3ccccc3)C(=O)C(=O)NC3CC3)C2=O)nc1. The van der Waals surface area contributed by atoms with Gasteiger partial charge in [-0.25, -0.2) is 4.79 Å². The monoisotopic (exact) mass is 506 g/mol. The number of aryl methyl sites for hydroxylation is 1. The maximum absolute atomic E-state index is 13.4. The van der Waals surface area contributed by atoms with Crippen LogP contribution in [0.2, 0.25) is 0 Å². The largest absolute Gasteiger partial charge is 0.449 e. The Kier molecular flexibility index (Phi) is 8.53. The quantitative estimate of drug-likeness (QED) is 0.452. The van der Waals surface area contributed by atoms with Crippen molar-refractivity contribution in [2.75, 3.05) is 6.61 Å².